The predicted molar refractivity (Wildman–Crippen MR) is 87.3 cm³/mol. The van der Waals surface area contributed by atoms with E-state index in [1.807, 2.05) is 36.4 Å². The molecule has 5 nitrogen and oxygen atoms in total. The Labute approximate surface area is 137 Å². The first kappa shape index (κ1) is 15.3. The highest BCUT2D eigenvalue weighted by molar-refractivity contribution is 8.16. The van der Waals surface area contributed by atoms with Gasteiger partial charge in [0.05, 0.1) is 0 Å². The monoisotopic (exact) mass is 326 g/mol. The van der Waals surface area contributed by atoms with Crippen LogP contribution in [0.1, 0.15) is 15.9 Å². The van der Waals surface area contributed by atoms with E-state index in [1.165, 1.54) is 4.90 Å². The van der Waals surface area contributed by atoms with Crippen molar-refractivity contribution in [3.05, 3.63) is 71.8 Å². The zero-order chi connectivity index (χ0) is 16.2. The van der Waals surface area contributed by atoms with E-state index in [2.05, 4.69) is 5.32 Å². The fraction of sp³-hybridized carbons (Fsp3) is 0.118. The number of rotatable bonds is 4. The Morgan fingerprint density at radius 2 is 1.61 bits per heavy atom. The zero-order valence-electron chi connectivity index (χ0n) is 12.1. The molecule has 6 heteroatoms. The van der Waals surface area contributed by atoms with Crippen LogP contribution in [0.4, 0.5) is 0 Å². The summed E-state index contributed by atoms with van der Waals surface area (Å²) in [4.78, 5) is 37.4. The number of carbonyl (C=O) groups excluding carboxylic acids is 3. The summed E-state index contributed by atoms with van der Waals surface area (Å²) in [6.07, 6.45) is 0. The van der Waals surface area contributed by atoms with Gasteiger partial charge in [0.2, 0.25) is 0 Å². The number of hydrogen-bond donors (Lipinski definition) is 1. The number of nitrogens with one attached hydrogen (secondary N) is 1. The predicted octanol–water partition coefficient (Wildman–Crippen LogP) is 2.00. The lowest BCUT2D eigenvalue weighted by atomic mass is 10.2. The molecule has 116 valence electrons. The van der Waals surface area contributed by atoms with Crippen molar-refractivity contribution < 1.29 is 14.4 Å². The van der Waals surface area contributed by atoms with Gasteiger partial charge in [-0.1, -0.05) is 48.5 Å². The van der Waals surface area contributed by atoms with Crippen molar-refractivity contribution in [2.75, 3.05) is 0 Å². The molecule has 2 aromatic carbocycles. The largest absolute Gasteiger partial charge is 0.323 e. The van der Waals surface area contributed by atoms with Crippen molar-refractivity contribution in [2.45, 2.75) is 12.0 Å². The van der Waals surface area contributed by atoms with Crippen molar-refractivity contribution in [3.8, 4) is 0 Å². The minimum atomic E-state index is -0.692. The van der Waals surface area contributed by atoms with Gasteiger partial charge in [-0.15, -0.1) is 0 Å². The lowest BCUT2D eigenvalue weighted by Crippen LogP contribution is -2.44. The molecular weight excluding hydrogens is 312 g/mol. The second kappa shape index (κ2) is 6.66. The van der Waals surface area contributed by atoms with Crippen LogP contribution in [0.5, 0.6) is 0 Å². The lowest BCUT2D eigenvalue weighted by molar-refractivity contribution is -0.139. The summed E-state index contributed by atoms with van der Waals surface area (Å²) >= 11 is 0.830. The highest BCUT2D eigenvalue weighted by atomic mass is 32.2. The number of nitrogens with zero attached hydrogens (tertiary/aromatic N) is 1. The molecular formula is C17H14N2O3S. The third kappa shape index (κ3) is 3.43. The minimum absolute atomic E-state index is 0.276. The molecule has 0 radical (unpaired) electrons. The molecule has 23 heavy (non-hydrogen) atoms. The first-order valence-electron chi connectivity index (χ1n) is 7.06. The Balaban J connectivity index is 1.75. The first-order valence-corrected chi connectivity index (χ1v) is 7.94. The van der Waals surface area contributed by atoms with Gasteiger partial charge in [-0.3, -0.25) is 14.4 Å². The Hall–Kier alpha value is -2.60. The van der Waals surface area contributed by atoms with Crippen LogP contribution >= 0.6 is 11.8 Å². The van der Waals surface area contributed by atoms with Gasteiger partial charge < -0.3 is 10.2 Å². The minimum Gasteiger partial charge on any atom is -0.323 e. The molecule has 1 aliphatic heterocycles. The summed E-state index contributed by atoms with van der Waals surface area (Å²) in [5, 5.41) is 2.18. The van der Waals surface area contributed by atoms with Gasteiger partial charge in [-0.05, 0) is 29.5 Å². The van der Waals surface area contributed by atoms with E-state index in [9.17, 15) is 14.4 Å². The van der Waals surface area contributed by atoms with Gasteiger partial charge in [0, 0.05) is 12.1 Å². The molecule has 1 N–H and O–H groups in total. The van der Waals surface area contributed by atoms with Crippen LogP contribution in [0.3, 0.4) is 0 Å². The molecule has 1 aliphatic rings. The van der Waals surface area contributed by atoms with Gasteiger partial charge in [0.15, 0.2) is 5.50 Å². The van der Waals surface area contributed by atoms with Crippen LogP contribution in [0.2, 0.25) is 0 Å². The molecule has 1 atom stereocenters. The Morgan fingerprint density at radius 3 is 2.26 bits per heavy atom. The highest BCUT2D eigenvalue weighted by Gasteiger charge is 2.40. The van der Waals surface area contributed by atoms with E-state index in [-0.39, 0.29) is 12.5 Å². The molecule has 0 spiro atoms. The summed E-state index contributed by atoms with van der Waals surface area (Å²) in [5.74, 6) is -0.902. The first-order chi connectivity index (χ1) is 11.1. The molecule has 1 saturated heterocycles. The van der Waals surface area contributed by atoms with Crippen LogP contribution in [-0.4, -0.2) is 27.3 Å². The molecule has 2 amide bonds. The number of amides is 2. The van der Waals surface area contributed by atoms with Crippen LogP contribution < -0.4 is 5.32 Å². The molecule has 1 fully saturated rings. The van der Waals surface area contributed by atoms with Gasteiger partial charge >= 0.3 is 5.91 Å². The van der Waals surface area contributed by atoms with E-state index in [4.69, 9.17) is 0 Å². The molecule has 0 aromatic heterocycles. The molecule has 0 bridgehead atoms. The Kier molecular flexibility index (Phi) is 4.43. The summed E-state index contributed by atoms with van der Waals surface area (Å²) in [6.45, 7) is 0.276. The summed E-state index contributed by atoms with van der Waals surface area (Å²) in [7, 11) is 0. The molecule has 2 aromatic rings. The van der Waals surface area contributed by atoms with Crippen molar-refractivity contribution >= 4 is 28.7 Å². The van der Waals surface area contributed by atoms with E-state index in [0.717, 1.165) is 17.3 Å². The van der Waals surface area contributed by atoms with E-state index < -0.39 is 16.5 Å². The normalized spacial score (nSPS) is 17.4. The highest BCUT2D eigenvalue weighted by Crippen LogP contribution is 2.26. The smallest absolute Gasteiger partial charge is 0.303 e. The topological polar surface area (TPSA) is 66.5 Å². The van der Waals surface area contributed by atoms with E-state index in [1.54, 1.807) is 24.3 Å². The fourth-order valence-electron chi connectivity index (χ4n) is 2.27. The number of hydrogen-bond acceptors (Lipinski definition) is 4. The van der Waals surface area contributed by atoms with Crippen LogP contribution in [0.25, 0.3) is 0 Å². The molecule has 1 heterocycles. The van der Waals surface area contributed by atoms with Gasteiger partial charge in [-0.2, -0.15) is 0 Å². The number of thioether (sulfide) groups is 1. The van der Waals surface area contributed by atoms with Gasteiger partial charge in [-0.25, -0.2) is 0 Å². The SMILES string of the molecule is O=C1SC(NC(=O)c2ccccc2)N(Cc2ccccc2)C1=O. The second-order valence-corrected chi connectivity index (χ2v) is 6.07. The standard InChI is InChI=1S/C17H14N2O3S/c20-14(13-9-5-2-6-10-13)18-17-19(15(21)16(22)23-17)11-12-7-3-1-4-8-12/h1-10,17H,11H2,(H,18,20). The summed E-state index contributed by atoms with van der Waals surface area (Å²) in [6, 6.07) is 18.0. The van der Waals surface area contributed by atoms with E-state index in [0.29, 0.717) is 5.56 Å². The van der Waals surface area contributed by atoms with Crippen molar-refractivity contribution in [1.29, 1.82) is 0 Å². The molecule has 0 saturated carbocycles. The Morgan fingerprint density at radius 1 is 1.00 bits per heavy atom. The third-order valence-corrected chi connectivity index (χ3v) is 4.41. The average molecular weight is 326 g/mol. The van der Waals surface area contributed by atoms with Crippen LogP contribution in [0.15, 0.2) is 60.7 Å². The Bertz CT molecular complexity index is 734. The zero-order valence-corrected chi connectivity index (χ0v) is 13.0. The average Bonchev–Trinajstić information content (AvgIpc) is 2.84. The third-order valence-electron chi connectivity index (χ3n) is 3.42. The lowest BCUT2D eigenvalue weighted by Gasteiger charge is -2.23. The van der Waals surface area contributed by atoms with Crippen molar-refractivity contribution in [1.82, 2.24) is 10.2 Å². The molecule has 3 rings (SSSR count). The summed E-state index contributed by atoms with van der Waals surface area (Å²) < 4.78 is 0. The van der Waals surface area contributed by atoms with Crippen molar-refractivity contribution in [2.24, 2.45) is 0 Å². The van der Waals surface area contributed by atoms with Gasteiger partial charge in [0.1, 0.15) is 0 Å². The second-order valence-electron chi connectivity index (χ2n) is 5.02. The maximum Gasteiger partial charge on any atom is 0.303 e. The maximum atomic E-state index is 12.2. The molecule has 0 aliphatic carbocycles. The van der Waals surface area contributed by atoms with Gasteiger partial charge in [0.25, 0.3) is 11.0 Å². The summed E-state index contributed by atoms with van der Waals surface area (Å²) in [5.41, 5.74) is 0.692. The van der Waals surface area contributed by atoms with Crippen LogP contribution in [0, 0.1) is 0 Å². The molecule has 1 unspecified atom stereocenters. The quantitative estimate of drug-likeness (QED) is 0.873. The van der Waals surface area contributed by atoms with Crippen LogP contribution in [-0.2, 0) is 16.1 Å². The number of benzene rings is 2. The fourth-order valence-corrected chi connectivity index (χ4v) is 3.15. The number of carbonyl (C=O) groups is 3. The maximum absolute atomic E-state index is 12.2. The van der Waals surface area contributed by atoms with Crippen molar-refractivity contribution in [3.63, 3.8) is 0 Å². The van der Waals surface area contributed by atoms with E-state index >= 15 is 0 Å².